The van der Waals surface area contributed by atoms with Gasteiger partial charge in [0, 0.05) is 39.3 Å². The second-order valence-corrected chi connectivity index (χ2v) is 9.80. The van der Waals surface area contributed by atoms with Gasteiger partial charge in [0.15, 0.2) is 0 Å². The maximum absolute atomic E-state index is 13.0. The van der Waals surface area contributed by atoms with E-state index in [0.717, 1.165) is 11.6 Å². The summed E-state index contributed by atoms with van der Waals surface area (Å²) < 4.78 is 69.1. The lowest BCUT2D eigenvalue weighted by molar-refractivity contribution is -0.137. The van der Waals surface area contributed by atoms with Crippen molar-refractivity contribution in [3.63, 3.8) is 0 Å². The van der Waals surface area contributed by atoms with Crippen LogP contribution in [0.5, 0.6) is 0 Å². The van der Waals surface area contributed by atoms with Crippen LogP contribution in [0.2, 0.25) is 0 Å². The number of hydrogen-bond donors (Lipinski definition) is 0. The van der Waals surface area contributed by atoms with E-state index in [4.69, 9.17) is 4.74 Å². The molecule has 2 aromatic carbocycles. The molecule has 1 aliphatic rings. The molecule has 0 amide bonds. The molecule has 1 fully saturated rings. The van der Waals surface area contributed by atoms with Gasteiger partial charge in [-0.3, -0.25) is 4.90 Å². The maximum atomic E-state index is 13.0. The topological polar surface area (TPSA) is 49.9 Å². The van der Waals surface area contributed by atoms with Gasteiger partial charge in [-0.15, -0.1) is 0 Å². The van der Waals surface area contributed by atoms with Crippen molar-refractivity contribution in [1.29, 1.82) is 0 Å². The smallest absolute Gasteiger partial charge is 0.375 e. The maximum Gasteiger partial charge on any atom is 0.416 e. The molecule has 5 nitrogen and oxygen atoms in total. The van der Waals surface area contributed by atoms with Crippen molar-refractivity contribution >= 4 is 10.0 Å². The van der Waals surface area contributed by atoms with Gasteiger partial charge in [0.05, 0.1) is 17.9 Å². The fourth-order valence-corrected chi connectivity index (χ4v) is 4.35. The van der Waals surface area contributed by atoms with Gasteiger partial charge in [-0.25, -0.2) is 8.42 Å². The molecule has 0 radical (unpaired) electrons. The molecule has 0 atom stereocenters. The molecule has 0 saturated carbocycles. The Morgan fingerprint density at radius 2 is 1.68 bits per heavy atom. The third-order valence-corrected chi connectivity index (χ3v) is 6.40. The van der Waals surface area contributed by atoms with E-state index >= 15 is 0 Å². The van der Waals surface area contributed by atoms with E-state index in [1.54, 1.807) is 6.07 Å². The number of hydrogen-bond acceptors (Lipinski definition) is 4. The van der Waals surface area contributed by atoms with Crippen molar-refractivity contribution < 1.29 is 26.3 Å². The van der Waals surface area contributed by atoms with Gasteiger partial charge in [0.1, 0.15) is 0 Å². The summed E-state index contributed by atoms with van der Waals surface area (Å²) in [6.07, 6.45) is -2.59. The van der Waals surface area contributed by atoms with Crippen LogP contribution in [0.4, 0.5) is 13.2 Å². The second kappa shape index (κ2) is 10.1. The van der Waals surface area contributed by atoms with Crippen LogP contribution in [0.25, 0.3) is 0 Å². The lowest BCUT2D eigenvalue weighted by Gasteiger charge is -2.36. The molecular formula is C22H27F3N2O3S. The van der Waals surface area contributed by atoms with E-state index < -0.39 is 21.8 Å². The molecule has 0 spiro atoms. The van der Waals surface area contributed by atoms with Crippen molar-refractivity contribution in [3.05, 3.63) is 71.3 Å². The molecule has 0 aromatic heterocycles. The summed E-state index contributed by atoms with van der Waals surface area (Å²) in [5, 5.41) is 0. The first-order chi connectivity index (χ1) is 14.6. The highest BCUT2D eigenvalue weighted by molar-refractivity contribution is 7.88. The number of sulfonamides is 1. The van der Waals surface area contributed by atoms with Crippen molar-refractivity contribution in [2.75, 3.05) is 32.5 Å². The Balaban J connectivity index is 1.55. The first-order valence-corrected chi connectivity index (χ1v) is 12.0. The summed E-state index contributed by atoms with van der Waals surface area (Å²) in [5.74, 6) is 0. The van der Waals surface area contributed by atoms with E-state index in [0.29, 0.717) is 51.3 Å². The number of halogens is 3. The third kappa shape index (κ3) is 7.31. The van der Waals surface area contributed by atoms with Crippen molar-refractivity contribution in [3.8, 4) is 0 Å². The summed E-state index contributed by atoms with van der Waals surface area (Å²) in [5.41, 5.74) is 1.04. The van der Waals surface area contributed by atoms with Crippen LogP contribution in [-0.2, 0) is 34.0 Å². The van der Waals surface area contributed by atoms with Crippen LogP contribution in [0.15, 0.2) is 54.6 Å². The Kier molecular flexibility index (Phi) is 7.74. The number of alkyl halides is 3. The highest BCUT2D eigenvalue weighted by Crippen LogP contribution is 2.30. The number of ether oxygens (including phenoxy) is 1. The minimum atomic E-state index is -4.36. The predicted molar refractivity (Wildman–Crippen MR) is 113 cm³/mol. The molecule has 0 N–H and O–H groups in total. The third-order valence-electron chi connectivity index (χ3n) is 5.17. The van der Waals surface area contributed by atoms with Gasteiger partial charge in [-0.1, -0.05) is 48.5 Å². The molecule has 1 saturated heterocycles. The van der Waals surface area contributed by atoms with E-state index in [1.165, 1.54) is 22.7 Å². The molecule has 2 aromatic rings. The number of benzene rings is 2. The Morgan fingerprint density at radius 3 is 2.32 bits per heavy atom. The number of rotatable bonds is 10. The molecular weight excluding hydrogens is 429 g/mol. The quantitative estimate of drug-likeness (QED) is 0.511. The summed E-state index contributed by atoms with van der Waals surface area (Å²) in [4.78, 5) is 2.10. The minimum absolute atomic E-state index is 0.0965. The summed E-state index contributed by atoms with van der Waals surface area (Å²) in [7, 11) is -3.16. The van der Waals surface area contributed by atoms with Crippen LogP contribution >= 0.6 is 0 Å². The van der Waals surface area contributed by atoms with Gasteiger partial charge in [0.2, 0.25) is 10.0 Å². The Labute approximate surface area is 181 Å². The Bertz CT molecular complexity index is 946. The molecule has 9 heteroatoms. The van der Waals surface area contributed by atoms with E-state index in [9.17, 15) is 21.6 Å². The highest BCUT2D eigenvalue weighted by atomic mass is 32.2. The van der Waals surface area contributed by atoms with E-state index in [2.05, 4.69) is 4.90 Å². The molecule has 0 bridgehead atoms. The van der Waals surface area contributed by atoms with E-state index in [1.807, 2.05) is 30.3 Å². The molecule has 170 valence electrons. The number of nitrogens with zero attached hydrogens (tertiary/aromatic N) is 2. The first kappa shape index (κ1) is 23.7. The first-order valence-electron chi connectivity index (χ1n) is 10.1. The second-order valence-electron chi connectivity index (χ2n) is 7.82. The molecule has 3 rings (SSSR count). The lowest BCUT2D eigenvalue weighted by Crippen LogP contribution is -2.54. The monoisotopic (exact) mass is 456 g/mol. The molecule has 1 aliphatic heterocycles. The van der Waals surface area contributed by atoms with Crippen molar-refractivity contribution in [1.82, 2.24) is 9.21 Å². The van der Waals surface area contributed by atoms with Gasteiger partial charge < -0.3 is 4.74 Å². The predicted octanol–water partition coefficient (Wildman–Crippen LogP) is 3.76. The fourth-order valence-electron chi connectivity index (χ4n) is 3.47. The molecule has 31 heavy (non-hydrogen) atoms. The zero-order chi connectivity index (χ0) is 22.5. The zero-order valence-corrected chi connectivity index (χ0v) is 18.2. The highest BCUT2D eigenvalue weighted by Gasteiger charge is 2.33. The SMILES string of the molecule is CS(=O)(=O)N1CC(OCCCN(Cc2ccccc2)Cc2cccc(C(F)(F)F)c2)C1. The normalized spacial score (nSPS) is 15.9. The summed E-state index contributed by atoms with van der Waals surface area (Å²) in [6, 6.07) is 15.2. The van der Waals surface area contributed by atoms with Gasteiger partial charge in [-0.2, -0.15) is 17.5 Å². The van der Waals surface area contributed by atoms with Crippen LogP contribution in [0, 0.1) is 0 Å². The van der Waals surface area contributed by atoms with Crippen LogP contribution in [-0.4, -0.2) is 56.2 Å². The molecule has 0 unspecified atom stereocenters. The Morgan fingerprint density at radius 1 is 1.03 bits per heavy atom. The van der Waals surface area contributed by atoms with Gasteiger partial charge >= 0.3 is 6.18 Å². The standard InChI is InChI=1S/C22H27F3N2O3S/c1-31(28,29)27-16-21(17-27)30-12-6-11-26(14-18-7-3-2-4-8-18)15-19-9-5-10-20(13-19)22(23,24)25/h2-5,7-10,13,21H,6,11-12,14-17H2,1H3. The molecule has 1 heterocycles. The van der Waals surface area contributed by atoms with Crippen LogP contribution in [0.1, 0.15) is 23.1 Å². The largest absolute Gasteiger partial charge is 0.416 e. The van der Waals surface area contributed by atoms with Gasteiger partial charge in [-0.05, 0) is 23.6 Å². The summed E-state index contributed by atoms with van der Waals surface area (Å²) in [6.45, 7) is 2.86. The van der Waals surface area contributed by atoms with Crippen molar-refractivity contribution in [2.24, 2.45) is 0 Å². The minimum Gasteiger partial charge on any atom is -0.375 e. The van der Waals surface area contributed by atoms with Crippen LogP contribution < -0.4 is 0 Å². The fraction of sp³-hybridized carbons (Fsp3) is 0.455. The van der Waals surface area contributed by atoms with Crippen molar-refractivity contribution in [2.45, 2.75) is 31.8 Å². The van der Waals surface area contributed by atoms with E-state index in [-0.39, 0.29) is 6.10 Å². The molecule has 0 aliphatic carbocycles. The zero-order valence-electron chi connectivity index (χ0n) is 17.4. The Hall–Kier alpha value is -1.94. The average Bonchev–Trinajstić information content (AvgIpc) is 2.65. The summed E-state index contributed by atoms with van der Waals surface area (Å²) >= 11 is 0. The lowest BCUT2D eigenvalue weighted by atomic mass is 10.1. The van der Waals surface area contributed by atoms with Gasteiger partial charge in [0.25, 0.3) is 0 Å². The van der Waals surface area contributed by atoms with Crippen LogP contribution in [0.3, 0.4) is 0 Å². The average molecular weight is 457 g/mol.